The molecule has 0 aliphatic rings. The Bertz CT molecular complexity index is 316. The van der Waals surface area contributed by atoms with Gasteiger partial charge in [0.1, 0.15) is 0 Å². The Labute approximate surface area is 91.9 Å². The maximum atomic E-state index is 11.8. The van der Waals surface area contributed by atoms with E-state index in [9.17, 15) is 4.79 Å². The molecule has 0 spiro atoms. The Morgan fingerprint density at radius 2 is 1.87 bits per heavy atom. The molecule has 1 aromatic rings. The highest BCUT2D eigenvalue weighted by atomic mass is 16.1. The molecule has 1 aromatic carbocycles. The van der Waals surface area contributed by atoms with Crippen LogP contribution in [0.25, 0.3) is 0 Å². The van der Waals surface area contributed by atoms with Crippen LogP contribution in [0.4, 0.5) is 0 Å². The average Bonchev–Trinajstić information content (AvgIpc) is 2.18. The van der Waals surface area contributed by atoms with Gasteiger partial charge in [-0.25, -0.2) is 0 Å². The van der Waals surface area contributed by atoms with Crippen LogP contribution in [-0.2, 0) is 0 Å². The number of aryl methyl sites for hydroxylation is 1. The standard InChI is InChI=1S/C13H19NO/c1-4-9-14(3)10-13(15)12-7-5-11(2)6-8-12/h5-8H,4,9-10H2,1-3H3. The Balaban J connectivity index is 2.57. The highest BCUT2D eigenvalue weighted by Gasteiger charge is 2.07. The Kier molecular flexibility index (Phi) is 4.50. The predicted molar refractivity (Wildman–Crippen MR) is 63.3 cm³/mol. The van der Waals surface area contributed by atoms with Crippen LogP contribution in [0.3, 0.4) is 0 Å². The quantitative estimate of drug-likeness (QED) is 0.688. The molecule has 0 radical (unpaired) electrons. The maximum absolute atomic E-state index is 11.8. The lowest BCUT2D eigenvalue weighted by Crippen LogP contribution is -2.26. The second-order valence-electron chi connectivity index (χ2n) is 4.03. The third kappa shape index (κ3) is 3.84. The first-order chi connectivity index (χ1) is 7.13. The first-order valence-corrected chi connectivity index (χ1v) is 5.42. The van der Waals surface area contributed by atoms with E-state index in [4.69, 9.17) is 0 Å². The molecule has 2 heteroatoms. The van der Waals surface area contributed by atoms with E-state index in [1.54, 1.807) is 0 Å². The number of ketones is 1. The number of hydrogen-bond donors (Lipinski definition) is 0. The van der Waals surface area contributed by atoms with Crippen molar-refractivity contribution in [3.63, 3.8) is 0 Å². The van der Waals surface area contributed by atoms with Gasteiger partial charge in [0.2, 0.25) is 0 Å². The summed E-state index contributed by atoms with van der Waals surface area (Å²) < 4.78 is 0. The second-order valence-corrected chi connectivity index (χ2v) is 4.03. The zero-order valence-corrected chi connectivity index (χ0v) is 9.79. The van der Waals surface area contributed by atoms with Crippen molar-refractivity contribution in [2.45, 2.75) is 20.3 Å². The van der Waals surface area contributed by atoms with Crippen molar-refractivity contribution in [3.05, 3.63) is 35.4 Å². The smallest absolute Gasteiger partial charge is 0.176 e. The number of carbonyl (C=O) groups excluding carboxylic acids is 1. The van der Waals surface area contributed by atoms with Gasteiger partial charge >= 0.3 is 0 Å². The van der Waals surface area contributed by atoms with Gasteiger partial charge in [-0.2, -0.15) is 0 Å². The maximum Gasteiger partial charge on any atom is 0.176 e. The summed E-state index contributed by atoms with van der Waals surface area (Å²) >= 11 is 0. The molecule has 0 saturated carbocycles. The highest BCUT2D eigenvalue weighted by molar-refractivity contribution is 5.97. The molecule has 0 fully saturated rings. The minimum Gasteiger partial charge on any atom is -0.299 e. The lowest BCUT2D eigenvalue weighted by atomic mass is 10.1. The van der Waals surface area contributed by atoms with Crippen LogP contribution >= 0.6 is 0 Å². The molecule has 2 nitrogen and oxygen atoms in total. The van der Waals surface area contributed by atoms with Gasteiger partial charge in [0.25, 0.3) is 0 Å². The van der Waals surface area contributed by atoms with Crippen molar-refractivity contribution in [3.8, 4) is 0 Å². The normalized spacial score (nSPS) is 10.7. The van der Waals surface area contributed by atoms with Gasteiger partial charge in [0, 0.05) is 5.56 Å². The monoisotopic (exact) mass is 205 g/mol. The highest BCUT2D eigenvalue weighted by Crippen LogP contribution is 2.04. The molecule has 1 rings (SSSR count). The second kappa shape index (κ2) is 5.66. The predicted octanol–water partition coefficient (Wildman–Crippen LogP) is 2.52. The van der Waals surface area contributed by atoms with Crippen molar-refractivity contribution in [1.82, 2.24) is 4.90 Å². The summed E-state index contributed by atoms with van der Waals surface area (Å²) in [6, 6.07) is 7.76. The fourth-order valence-corrected chi connectivity index (χ4v) is 1.54. The fourth-order valence-electron chi connectivity index (χ4n) is 1.54. The van der Waals surface area contributed by atoms with Gasteiger partial charge in [-0.15, -0.1) is 0 Å². The van der Waals surface area contributed by atoms with Crippen LogP contribution in [0.15, 0.2) is 24.3 Å². The molecule has 0 bridgehead atoms. The minimum atomic E-state index is 0.200. The zero-order chi connectivity index (χ0) is 11.3. The van der Waals surface area contributed by atoms with Gasteiger partial charge in [0.15, 0.2) is 5.78 Å². The van der Waals surface area contributed by atoms with Gasteiger partial charge in [-0.3, -0.25) is 9.69 Å². The van der Waals surface area contributed by atoms with Gasteiger partial charge < -0.3 is 0 Å². The summed E-state index contributed by atoms with van der Waals surface area (Å²) in [4.78, 5) is 13.9. The van der Waals surface area contributed by atoms with E-state index in [1.807, 2.05) is 38.2 Å². The molecule has 0 atom stereocenters. The SMILES string of the molecule is CCCN(C)CC(=O)c1ccc(C)cc1. The third-order valence-electron chi connectivity index (χ3n) is 2.39. The Hall–Kier alpha value is -1.15. The lowest BCUT2D eigenvalue weighted by molar-refractivity contribution is 0.0946. The molecule has 82 valence electrons. The van der Waals surface area contributed by atoms with E-state index in [1.165, 1.54) is 5.56 Å². The number of hydrogen-bond acceptors (Lipinski definition) is 2. The number of nitrogens with zero attached hydrogens (tertiary/aromatic N) is 1. The molecule has 0 amide bonds. The Morgan fingerprint density at radius 3 is 2.40 bits per heavy atom. The summed E-state index contributed by atoms with van der Waals surface area (Å²) in [5, 5.41) is 0. The van der Waals surface area contributed by atoms with E-state index in [-0.39, 0.29) is 5.78 Å². The van der Waals surface area contributed by atoms with Crippen molar-refractivity contribution in [2.75, 3.05) is 20.1 Å². The lowest BCUT2D eigenvalue weighted by Gasteiger charge is -2.14. The molecular weight excluding hydrogens is 186 g/mol. The third-order valence-corrected chi connectivity index (χ3v) is 2.39. The fraction of sp³-hybridized carbons (Fsp3) is 0.462. The van der Waals surface area contributed by atoms with Gasteiger partial charge in [-0.05, 0) is 26.9 Å². The van der Waals surface area contributed by atoms with Crippen LogP contribution in [0.1, 0.15) is 29.3 Å². The van der Waals surface area contributed by atoms with E-state index in [0.717, 1.165) is 18.5 Å². The van der Waals surface area contributed by atoms with Crippen LogP contribution in [-0.4, -0.2) is 30.8 Å². The van der Waals surface area contributed by atoms with Crippen molar-refractivity contribution in [2.24, 2.45) is 0 Å². The first-order valence-electron chi connectivity index (χ1n) is 5.42. The van der Waals surface area contributed by atoms with Crippen LogP contribution < -0.4 is 0 Å². The molecule has 0 unspecified atom stereocenters. The van der Waals surface area contributed by atoms with Gasteiger partial charge in [-0.1, -0.05) is 36.8 Å². The van der Waals surface area contributed by atoms with E-state index in [2.05, 4.69) is 11.8 Å². The summed E-state index contributed by atoms with van der Waals surface area (Å²) in [6.45, 7) is 5.62. The number of rotatable bonds is 5. The molecule has 0 aliphatic carbocycles. The van der Waals surface area contributed by atoms with Gasteiger partial charge in [0.05, 0.1) is 6.54 Å². The number of Topliss-reactive ketones (excluding diaryl/α,β-unsaturated/α-hetero) is 1. The number of likely N-dealkylation sites (N-methyl/N-ethyl adjacent to an activating group) is 1. The summed E-state index contributed by atoms with van der Waals surface area (Å²) in [7, 11) is 1.98. The van der Waals surface area contributed by atoms with Crippen LogP contribution in [0, 0.1) is 6.92 Å². The van der Waals surface area contributed by atoms with Crippen molar-refractivity contribution in [1.29, 1.82) is 0 Å². The number of carbonyl (C=O) groups is 1. The topological polar surface area (TPSA) is 20.3 Å². The first kappa shape index (κ1) is 11.9. The van der Waals surface area contributed by atoms with E-state index >= 15 is 0 Å². The molecular formula is C13H19NO. The molecule has 0 aromatic heterocycles. The van der Waals surface area contributed by atoms with E-state index in [0.29, 0.717) is 6.54 Å². The summed E-state index contributed by atoms with van der Waals surface area (Å²) in [6.07, 6.45) is 1.08. The van der Waals surface area contributed by atoms with Crippen molar-refractivity contribution >= 4 is 5.78 Å². The largest absolute Gasteiger partial charge is 0.299 e. The van der Waals surface area contributed by atoms with Crippen LogP contribution in [0.2, 0.25) is 0 Å². The molecule has 0 N–H and O–H groups in total. The molecule has 0 aliphatic heterocycles. The minimum absolute atomic E-state index is 0.200. The number of benzene rings is 1. The zero-order valence-electron chi connectivity index (χ0n) is 9.79. The Morgan fingerprint density at radius 1 is 1.27 bits per heavy atom. The van der Waals surface area contributed by atoms with Crippen LogP contribution in [0.5, 0.6) is 0 Å². The van der Waals surface area contributed by atoms with Crippen molar-refractivity contribution < 1.29 is 4.79 Å². The molecule has 0 saturated heterocycles. The molecule has 0 heterocycles. The van der Waals surface area contributed by atoms with E-state index < -0.39 is 0 Å². The summed E-state index contributed by atoms with van der Waals surface area (Å²) in [5.41, 5.74) is 2.00. The molecule has 15 heavy (non-hydrogen) atoms. The average molecular weight is 205 g/mol. The summed E-state index contributed by atoms with van der Waals surface area (Å²) in [5.74, 6) is 0.200.